The Bertz CT molecular complexity index is 772. The first-order valence-electron chi connectivity index (χ1n) is 6.79. The summed E-state index contributed by atoms with van der Waals surface area (Å²) in [6.07, 6.45) is 3.96. The van der Waals surface area contributed by atoms with E-state index in [4.69, 9.17) is 15.0 Å². The van der Waals surface area contributed by atoms with Crippen LogP contribution in [0.2, 0.25) is 0 Å². The van der Waals surface area contributed by atoms with Crippen molar-refractivity contribution in [2.24, 2.45) is 0 Å². The van der Waals surface area contributed by atoms with Crippen LogP contribution in [-0.4, -0.2) is 19.3 Å². The molecule has 7 nitrogen and oxygen atoms in total. The smallest absolute Gasteiger partial charge is 0.384 e. The topological polar surface area (TPSA) is 108 Å². The molecule has 0 spiro atoms. The molecule has 0 bridgehead atoms. The van der Waals surface area contributed by atoms with Gasteiger partial charge in [-0.2, -0.15) is 5.26 Å². The van der Waals surface area contributed by atoms with Crippen LogP contribution in [0.25, 0.3) is 0 Å². The first-order valence-corrected chi connectivity index (χ1v) is 8.32. The van der Waals surface area contributed by atoms with Crippen molar-refractivity contribution in [2.75, 3.05) is 0 Å². The standard InChI is InChI=1S/C14H14N3O4P/c15-8-10-4-6-11(7-5-10)12-2-1-3-13-14(16-9-17(12)13)21-22(18,19)20/h4-7,9,12H,1-3H2,(H2,18,19,20)/t12-/m1/s1. The molecule has 0 amide bonds. The Morgan fingerprint density at radius 1 is 1.36 bits per heavy atom. The summed E-state index contributed by atoms with van der Waals surface area (Å²) in [7, 11) is -4.62. The van der Waals surface area contributed by atoms with Crippen molar-refractivity contribution in [3.8, 4) is 11.9 Å². The van der Waals surface area contributed by atoms with Crippen LogP contribution < -0.4 is 4.52 Å². The highest BCUT2D eigenvalue weighted by atomic mass is 31.2. The number of fused-ring (bicyclic) bond motifs is 1. The maximum absolute atomic E-state index is 11.0. The molecule has 1 aromatic carbocycles. The second-order valence-corrected chi connectivity index (χ2v) is 6.29. The number of nitriles is 1. The molecule has 1 atom stereocenters. The molecule has 22 heavy (non-hydrogen) atoms. The molecule has 8 heteroatoms. The number of aromatic nitrogens is 2. The lowest BCUT2D eigenvalue weighted by atomic mass is 9.95. The highest BCUT2D eigenvalue weighted by Gasteiger charge is 2.28. The van der Waals surface area contributed by atoms with Crippen molar-refractivity contribution >= 4 is 7.82 Å². The summed E-state index contributed by atoms with van der Waals surface area (Å²) in [6, 6.07) is 9.40. The van der Waals surface area contributed by atoms with Crippen LogP contribution in [0.1, 0.15) is 35.7 Å². The van der Waals surface area contributed by atoms with Gasteiger partial charge in [0.05, 0.1) is 29.7 Å². The molecule has 0 saturated heterocycles. The lowest BCUT2D eigenvalue weighted by molar-refractivity contribution is 0.277. The van der Waals surface area contributed by atoms with Crippen molar-refractivity contribution in [1.29, 1.82) is 5.26 Å². The van der Waals surface area contributed by atoms with Gasteiger partial charge in [-0.1, -0.05) is 12.1 Å². The molecule has 0 fully saturated rings. The van der Waals surface area contributed by atoms with Gasteiger partial charge in [0, 0.05) is 0 Å². The van der Waals surface area contributed by atoms with Crippen molar-refractivity contribution in [3.05, 3.63) is 47.4 Å². The Kier molecular flexibility index (Phi) is 3.75. The van der Waals surface area contributed by atoms with E-state index in [0.29, 0.717) is 17.7 Å². The molecule has 0 saturated carbocycles. The zero-order valence-corrected chi connectivity index (χ0v) is 12.5. The molecule has 2 aromatic rings. The average Bonchev–Trinajstić information content (AvgIpc) is 2.89. The summed E-state index contributed by atoms with van der Waals surface area (Å²) in [5, 5.41) is 8.85. The van der Waals surface area contributed by atoms with Gasteiger partial charge in [-0.05, 0) is 37.0 Å². The van der Waals surface area contributed by atoms with Crippen LogP contribution in [0, 0.1) is 11.3 Å². The third-order valence-corrected chi connectivity index (χ3v) is 4.13. The molecule has 114 valence electrons. The summed E-state index contributed by atoms with van der Waals surface area (Å²) < 4.78 is 17.5. The molecule has 1 aliphatic heterocycles. The largest absolute Gasteiger partial charge is 0.526 e. The number of imidazole rings is 1. The van der Waals surface area contributed by atoms with Gasteiger partial charge in [-0.15, -0.1) is 0 Å². The first kappa shape index (κ1) is 14.8. The fourth-order valence-corrected chi connectivity index (χ4v) is 3.15. The zero-order valence-electron chi connectivity index (χ0n) is 11.6. The van der Waals surface area contributed by atoms with Crippen LogP contribution >= 0.6 is 7.82 Å². The van der Waals surface area contributed by atoms with E-state index in [0.717, 1.165) is 18.4 Å². The van der Waals surface area contributed by atoms with Crippen LogP contribution in [-0.2, 0) is 11.0 Å². The van der Waals surface area contributed by atoms with E-state index in [1.54, 1.807) is 18.5 Å². The van der Waals surface area contributed by atoms with Crippen LogP contribution in [0.5, 0.6) is 5.88 Å². The Balaban J connectivity index is 1.95. The van der Waals surface area contributed by atoms with Gasteiger partial charge in [0.2, 0.25) is 5.88 Å². The number of hydrogen-bond donors (Lipinski definition) is 2. The van der Waals surface area contributed by atoms with Crippen molar-refractivity contribution in [1.82, 2.24) is 9.55 Å². The van der Waals surface area contributed by atoms with Crippen LogP contribution in [0.15, 0.2) is 30.6 Å². The van der Waals surface area contributed by atoms with E-state index >= 15 is 0 Å². The normalized spacial score (nSPS) is 17.6. The molecule has 1 aromatic heterocycles. The van der Waals surface area contributed by atoms with Gasteiger partial charge < -0.3 is 9.09 Å². The minimum atomic E-state index is -4.62. The third-order valence-electron chi connectivity index (χ3n) is 3.71. The molecule has 0 aliphatic carbocycles. The Labute approximate surface area is 127 Å². The fraction of sp³-hybridized carbons (Fsp3) is 0.286. The summed E-state index contributed by atoms with van der Waals surface area (Å²) in [4.78, 5) is 21.9. The van der Waals surface area contributed by atoms with Gasteiger partial charge in [0.25, 0.3) is 0 Å². The van der Waals surface area contributed by atoms with Gasteiger partial charge >= 0.3 is 7.82 Å². The Hall–Kier alpha value is -2.13. The molecule has 3 rings (SSSR count). The van der Waals surface area contributed by atoms with Crippen LogP contribution in [0.4, 0.5) is 0 Å². The van der Waals surface area contributed by atoms with E-state index in [2.05, 4.69) is 15.6 Å². The molecule has 2 heterocycles. The summed E-state index contributed by atoms with van der Waals surface area (Å²) in [6.45, 7) is 0. The van der Waals surface area contributed by atoms with Gasteiger partial charge in [-0.3, -0.25) is 9.79 Å². The Morgan fingerprint density at radius 2 is 2.09 bits per heavy atom. The maximum atomic E-state index is 11.0. The highest BCUT2D eigenvalue weighted by Crippen LogP contribution is 2.41. The van der Waals surface area contributed by atoms with E-state index in [1.165, 1.54) is 0 Å². The highest BCUT2D eigenvalue weighted by molar-refractivity contribution is 7.46. The number of phosphoric ester groups is 1. The van der Waals surface area contributed by atoms with Gasteiger partial charge in [0.15, 0.2) is 0 Å². The predicted octanol–water partition coefficient (Wildman–Crippen LogP) is 2.15. The summed E-state index contributed by atoms with van der Waals surface area (Å²) in [5.74, 6) is -0.00771. The number of rotatable bonds is 3. The van der Waals surface area contributed by atoms with Crippen LogP contribution in [0.3, 0.4) is 0 Å². The van der Waals surface area contributed by atoms with Gasteiger partial charge in [0.1, 0.15) is 0 Å². The van der Waals surface area contributed by atoms with E-state index in [-0.39, 0.29) is 11.9 Å². The lowest BCUT2D eigenvalue weighted by Gasteiger charge is -2.26. The average molecular weight is 319 g/mol. The maximum Gasteiger partial charge on any atom is 0.526 e. The minimum absolute atomic E-state index is 0.00771. The molecule has 0 radical (unpaired) electrons. The summed E-state index contributed by atoms with van der Waals surface area (Å²) in [5.41, 5.74) is 2.31. The molecular weight excluding hydrogens is 305 g/mol. The number of phosphoric acid groups is 1. The van der Waals surface area contributed by atoms with Crippen molar-refractivity contribution in [2.45, 2.75) is 25.3 Å². The van der Waals surface area contributed by atoms with E-state index < -0.39 is 7.82 Å². The Morgan fingerprint density at radius 3 is 2.73 bits per heavy atom. The van der Waals surface area contributed by atoms with Crippen molar-refractivity contribution < 1.29 is 18.9 Å². The van der Waals surface area contributed by atoms with Crippen molar-refractivity contribution in [3.63, 3.8) is 0 Å². The first-order chi connectivity index (χ1) is 10.5. The monoisotopic (exact) mass is 319 g/mol. The number of hydrogen-bond acceptors (Lipinski definition) is 4. The van der Waals surface area contributed by atoms with E-state index in [1.807, 2.05) is 16.7 Å². The predicted molar refractivity (Wildman–Crippen MR) is 77.1 cm³/mol. The molecule has 0 unspecified atom stereocenters. The summed E-state index contributed by atoms with van der Waals surface area (Å²) >= 11 is 0. The second kappa shape index (κ2) is 5.58. The number of benzene rings is 1. The molecule has 1 aliphatic rings. The zero-order chi connectivity index (χ0) is 15.7. The SMILES string of the molecule is N#Cc1ccc([C@H]2CCCc3c(OP(=O)(O)O)ncn32)cc1. The third kappa shape index (κ3) is 2.90. The quantitative estimate of drug-likeness (QED) is 0.839. The lowest BCUT2D eigenvalue weighted by Crippen LogP contribution is -2.18. The minimum Gasteiger partial charge on any atom is -0.384 e. The molecule has 2 N–H and O–H groups in total. The number of nitrogens with zero attached hydrogens (tertiary/aromatic N) is 3. The molecular formula is C14H14N3O4P. The van der Waals surface area contributed by atoms with Gasteiger partial charge in [-0.25, -0.2) is 9.55 Å². The fourth-order valence-electron chi connectivity index (χ4n) is 2.77. The van der Waals surface area contributed by atoms with E-state index in [9.17, 15) is 4.57 Å². The second-order valence-electron chi connectivity index (χ2n) is 5.13.